The van der Waals surface area contributed by atoms with Gasteiger partial charge >= 0.3 is 0 Å². The molecule has 0 aromatic heterocycles. The summed E-state index contributed by atoms with van der Waals surface area (Å²) in [7, 11) is 0. The number of hydrogen-bond donors (Lipinski definition) is 3. The zero-order valence-corrected chi connectivity index (χ0v) is 16.9. The molecule has 3 aromatic carbocycles. The van der Waals surface area contributed by atoms with Crippen molar-refractivity contribution < 1.29 is 14.0 Å². The Morgan fingerprint density at radius 2 is 1.50 bits per heavy atom. The first-order chi connectivity index (χ1) is 14.5. The molecule has 0 saturated carbocycles. The molecule has 0 aliphatic carbocycles. The Kier molecular flexibility index (Phi) is 7.40. The molecule has 3 aromatic rings. The zero-order valence-electron chi connectivity index (χ0n) is 16.1. The Labute approximate surface area is 179 Å². The number of anilines is 3. The predicted octanol–water partition coefficient (Wildman–Crippen LogP) is 5.10. The van der Waals surface area contributed by atoms with Crippen LogP contribution in [0.3, 0.4) is 0 Å². The summed E-state index contributed by atoms with van der Waals surface area (Å²) in [5, 5.41) is 8.45. The molecule has 0 atom stereocenters. The highest BCUT2D eigenvalue weighted by Crippen LogP contribution is 2.19. The molecule has 0 fully saturated rings. The topological polar surface area (TPSA) is 70.2 Å². The van der Waals surface area contributed by atoms with Gasteiger partial charge < -0.3 is 16.0 Å². The second-order valence-electron chi connectivity index (χ2n) is 6.65. The zero-order chi connectivity index (χ0) is 21.3. The summed E-state index contributed by atoms with van der Waals surface area (Å²) in [6.45, 7) is -0.0182. The number of carbonyl (C=O) groups excluding carboxylic acids is 2. The van der Waals surface area contributed by atoms with Crippen molar-refractivity contribution in [2.24, 2.45) is 0 Å². The van der Waals surface area contributed by atoms with Crippen molar-refractivity contribution in [3.63, 3.8) is 0 Å². The summed E-state index contributed by atoms with van der Waals surface area (Å²) in [5.74, 6) is -0.908. The van der Waals surface area contributed by atoms with E-state index >= 15 is 0 Å². The number of amides is 2. The van der Waals surface area contributed by atoms with Crippen LogP contribution in [0.15, 0.2) is 72.8 Å². The van der Waals surface area contributed by atoms with Crippen LogP contribution in [0.1, 0.15) is 12.0 Å². The highest BCUT2D eigenvalue weighted by atomic mass is 35.5. The van der Waals surface area contributed by atoms with Gasteiger partial charge in [-0.3, -0.25) is 9.59 Å². The molecule has 5 nitrogen and oxygen atoms in total. The van der Waals surface area contributed by atoms with Gasteiger partial charge in [-0.25, -0.2) is 4.39 Å². The van der Waals surface area contributed by atoms with Crippen molar-refractivity contribution in [1.29, 1.82) is 0 Å². The van der Waals surface area contributed by atoms with E-state index in [1.54, 1.807) is 24.3 Å². The molecule has 0 heterocycles. The smallest absolute Gasteiger partial charge is 0.243 e. The number of hydrogen-bond acceptors (Lipinski definition) is 3. The number of aryl methyl sites for hydroxylation is 1. The number of benzene rings is 3. The number of halogens is 2. The van der Waals surface area contributed by atoms with Crippen LogP contribution in [0.25, 0.3) is 0 Å². The van der Waals surface area contributed by atoms with Crippen molar-refractivity contribution in [2.45, 2.75) is 12.8 Å². The van der Waals surface area contributed by atoms with Crippen LogP contribution in [0.2, 0.25) is 5.02 Å². The van der Waals surface area contributed by atoms with E-state index in [1.807, 2.05) is 30.3 Å². The van der Waals surface area contributed by atoms with Crippen molar-refractivity contribution >= 4 is 40.5 Å². The van der Waals surface area contributed by atoms with Crippen LogP contribution in [0, 0.1) is 5.82 Å². The Morgan fingerprint density at radius 1 is 0.800 bits per heavy atom. The van der Waals surface area contributed by atoms with E-state index in [2.05, 4.69) is 16.0 Å². The highest BCUT2D eigenvalue weighted by molar-refractivity contribution is 6.31. The van der Waals surface area contributed by atoms with E-state index in [4.69, 9.17) is 11.6 Å². The van der Waals surface area contributed by atoms with Crippen LogP contribution in [0.4, 0.5) is 21.5 Å². The lowest BCUT2D eigenvalue weighted by Crippen LogP contribution is -2.22. The summed E-state index contributed by atoms with van der Waals surface area (Å²) < 4.78 is 13.2. The molecule has 0 spiro atoms. The molecule has 2 amide bonds. The number of rotatable bonds is 8. The lowest BCUT2D eigenvalue weighted by molar-refractivity contribution is -0.116. The van der Waals surface area contributed by atoms with Crippen molar-refractivity contribution in [3.8, 4) is 0 Å². The van der Waals surface area contributed by atoms with E-state index in [-0.39, 0.29) is 23.4 Å². The predicted molar refractivity (Wildman–Crippen MR) is 118 cm³/mol. The maximum Gasteiger partial charge on any atom is 0.243 e. The van der Waals surface area contributed by atoms with Crippen LogP contribution < -0.4 is 16.0 Å². The quantitative estimate of drug-likeness (QED) is 0.470. The monoisotopic (exact) mass is 425 g/mol. The van der Waals surface area contributed by atoms with Gasteiger partial charge in [-0.15, -0.1) is 0 Å². The van der Waals surface area contributed by atoms with E-state index in [0.717, 1.165) is 5.56 Å². The summed E-state index contributed by atoms with van der Waals surface area (Å²) >= 11 is 5.72. The van der Waals surface area contributed by atoms with Gasteiger partial charge in [-0.05, 0) is 48.4 Å². The minimum absolute atomic E-state index is 0.0175. The molecular formula is C23H21ClFN3O2. The minimum Gasteiger partial charge on any atom is -0.376 e. The average Bonchev–Trinajstić information content (AvgIpc) is 2.74. The standard InChI is InChI=1S/C23H21ClFN3O2/c24-20-14-17(10-11-21(20)25)26-15-23(30)28-19-8-4-7-18(13-19)27-22(29)12-9-16-5-2-1-3-6-16/h1-8,10-11,13-14,26H,9,12,15H2,(H,27,29)(H,28,30). The average molecular weight is 426 g/mol. The molecule has 30 heavy (non-hydrogen) atoms. The number of carbonyl (C=O) groups is 2. The summed E-state index contributed by atoms with van der Waals surface area (Å²) in [5.41, 5.74) is 2.79. The van der Waals surface area contributed by atoms with Crippen molar-refractivity contribution in [3.05, 3.63) is 89.2 Å². The first kappa shape index (κ1) is 21.3. The van der Waals surface area contributed by atoms with E-state index < -0.39 is 5.82 Å². The molecule has 7 heteroatoms. The minimum atomic E-state index is -0.519. The highest BCUT2D eigenvalue weighted by Gasteiger charge is 2.07. The fourth-order valence-corrected chi connectivity index (χ4v) is 2.97. The summed E-state index contributed by atoms with van der Waals surface area (Å²) in [4.78, 5) is 24.3. The Hall–Kier alpha value is -3.38. The third-order valence-electron chi connectivity index (χ3n) is 4.29. The first-order valence-corrected chi connectivity index (χ1v) is 9.80. The van der Waals surface area contributed by atoms with Gasteiger partial charge in [0.2, 0.25) is 11.8 Å². The molecule has 3 rings (SSSR count). The number of nitrogens with one attached hydrogen (secondary N) is 3. The Bertz CT molecular complexity index is 1030. The fourth-order valence-electron chi connectivity index (χ4n) is 2.79. The van der Waals surface area contributed by atoms with Gasteiger partial charge in [0.1, 0.15) is 5.82 Å². The van der Waals surface area contributed by atoms with Gasteiger partial charge in [-0.2, -0.15) is 0 Å². The molecule has 0 radical (unpaired) electrons. The second-order valence-corrected chi connectivity index (χ2v) is 7.05. The molecule has 0 aliphatic heterocycles. The van der Waals surface area contributed by atoms with E-state index in [9.17, 15) is 14.0 Å². The lowest BCUT2D eigenvalue weighted by atomic mass is 10.1. The molecule has 0 unspecified atom stereocenters. The van der Waals surface area contributed by atoms with Crippen molar-refractivity contribution in [2.75, 3.05) is 22.5 Å². The van der Waals surface area contributed by atoms with Crippen LogP contribution >= 0.6 is 11.6 Å². The molecule has 3 N–H and O–H groups in total. The SMILES string of the molecule is O=C(CCc1ccccc1)Nc1cccc(NC(=O)CNc2ccc(F)c(Cl)c2)c1. The summed E-state index contributed by atoms with van der Waals surface area (Å²) in [6, 6.07) is 20.9. The van der Waals surface area contributed by atoms with Crippen molar-refractivity contribution in [1.82, 2.24) is 0 Å². The van der Waals surface area contributed by atoms with Gasteiger partial charge in [0.25, 0.3) is 0 Å². The summed E-state index contributed by atoms with van der Waals surface area (Å²) in [6.07, 6.45) is 1.02. The fraction of sp³-hybridized carbons (Fsp3) is 0.130. The maximum atomic E-state index is 13.2. The van der Waals surface area contributed by atoms with Gasteiger partial charge in [0.15, 0.2) is 0 Å². The second kappa shape index (κ2) is 10.4. The molecule has 0 aliphatic rings. The van der Waals surface area contributed by atoms with Gasteiger partial charge in [0.05, 0.1) is 11.6 Å². The molecular weight excluding hydrogens is 405 g/mol. The first-order valence-electron chi connectivity index (χ1n) is 9.42. The van der Waals surface area contributed by atoms with Crippen LogP contribution in [-0.2, 0) is 16.0 Å². The van der Waals surface area contributed by atoms with Crippen LogP contribution in [0.5, 0.6) is 0 Å². The Morgan fingerprint density at radius 3 is 2.20 bits per heavy atom. The van der Waals surface area contributed by atoms with E-state index in [0.29, 0.717) is 29.9 Å². The molecule has 0 saturated heterocycles. The van der Waals surface area contributed by atoms with E-state index in [1.165, 1.54) is 18.2 Å². The Balaban J connectivity index is 1.48. The lowest BCUT2D eigenvalue weighted by Gasteiger charge is -2.10. The maximum absolute atomic E-state index is 13.2. The van der Waals surface area contributed by atoms with Gasteiger partial charge in [-0.1, -0.05) is 48.0 Å². The molecule has 154 valence electrons. The molecule has 0 bridgehead atoms. The normalized spacial score (nSPS) is 10.3. The third kappa shape index (κ3) is 6.60. The largest absolute Gasteiger partial charge is 0.376 e. The van der Waals surface area contributed by atoms with Gasteiger partial charge in [0, 0.05) is 23.5 Å². The third-order valence-corrected chi connectivity index (χ3v) is 4.58. The van der Waals surface area contributed by atoms with Crippen LogP contribution in [-0.4, -0.2) is 18.4 Å².